The van der Waals surface area contributed by atoms with Crippen molar-refractivity contribution in [3.8, 4) is 34.1 Å². The van der Waals surface area contributed by atoms with Gasteiger partial charge in [-0.1, -0.05) is 36.4 Å². The summed E-state index contributed by atoms with van der Waals surface area (Å²) in [6, 6.07) is 36.8. The maximum Gasteiger partial charge on any atom is 0.416 e. The highest BCUT2D eigenvalue weighted by molar-refractivity contribution is 5.79. The van der Waals surface area contributed by atoms with Crippen molar-refractivity contribution in [2.24, 2.45) is 0 Å². The maximum atomic E-state index is 13.1. The zero-order valence-electron chi connectivity index (χ0n) is 31.4. The van der Waals surface area contributed by atoms with Gasteiger partial charge >= 0.3 is 6.18 Å². The van der Waals surface area contributed by atoms with Crippen LogP contribution in [-0.4, -0.2) is 57.6 Å². The van der Waals surface area contributed by atoms with E-state index in [2.05, 4.69) is 4.90 Å². The number of benzene rings is 5. The SMILES string of the molecule is O=c1cc(-c2ccc(OCCOCCN(CCOCCOc3ccc(-c4cc(=O)c5ccccc5o4)cc3)Cc3ccc(C(F)(F)F)cc3)cc2)oc2ccccc12. The lowest BCUT2D eigenvalue weighted by Gasteiger charge is -2.22. The van der Waals surface area contributed by atoms with Crippen molar-refractivity contribution in [1.29, 1.82) is 0 Å². The van der Waals surface area contributed by atoms with Gasteiger partial charge in [0.25, 0.3) is 0 Å². The van der Waals surface area contributed by atoms with Gasteiger partial charge in [-0.2, -0.15) is 13.2 Å². The summed E-state index contributed by atoms with van der Waals surface area (Å²) in [5.41, 5.74) is 2.36. The molecule has 0 aliphatic heterocycles. The summed E-state index contributed by atoms with van der Waals surface area (Å²) in [5, 5.41) is 1.06. The van der Waals surface area contributed by atoms with Crippen molar-refractivity contribution in [2.45, 2.75) is 12.7 Å². The second-order valence-electron chi connectivity index (χ2n) is 13.4. The molecule has 9 nitrogen and oxygen atoms in total. The number of ether oxygens (including phenoxy) is 4. The molecule has 0 fully saturated rings. The first-order valence-electron chi connectivity index (χ1n) is 18.8. The molecule has 0 saturated carbocycles. The molecule has 298 valence electrons. The van der Waals surface area contributed by atoms with Gasteiger partial charge in [-0.05, 0) is 90.5 Å². The summed E-state index contributed by atoms with van der Waals surface area (Å²) in [6.07, 6.45) is -4.41. The summed E-state index contributed by atoms with van der Waals surface area (Å²) in [4.78, 5) is 27.0. The van der Waals surface area contributed by atoms with E-state index in [-0.39, 0.29) is 10.9 Å². The monoisotopic (exact) mass is 791 g/mol. The van der Waals surface area contributed by atoms with Gasteiger partial charge in [0.2, 0.25) is 0 Å². The number of nitrogens with zero attached hydrogens (tertiary/aromatic N) is 1. The molecule has 0 spiro atoms. The average molecular weight is 792 g/mol. The number of alkyl halides is 3. The van der Waals surface area contributed by atoms with Crippen LogP contribution in [-0.2, 0) is 22.2 Å². The van der Waals surface area contributed by atoms with Gasteiger partial charge in [0.15, 0.2) is 10.9 Å². The minimum Gasteiger partial charge on any atom is -0.491 e. The van der Waals surface area contributed by atoms with Gasteiger partial charge in [0.05, 0.1) is 42.8 Å². The predicted molar refractivity (Wildman–Crippen MR) is 215 cm³/mol. The van der Waals surface area contributed by atoms with Gasteiger partial charge in [-0.3, -0.25) is 14.5 Å². The Kier molecular flexibility index (Phi) is 13.0. The van der Waals surface area contributed by atoms with Gasteiger partial charge in [0.1, 0.15) is 47.4 Å². The first kappa shape index (κ1) is 40.0. The van der Waals surface area contributed by atoms with Gasteiger partial charge in [-0.15, -0.1) is 0 Å². The van der Waals surface area contributed by atoms with E-state index in [0.717, 1.165) is 28.8 Å². The highest BCUT2D eigenvalue weighted by Crippen LogP contribution is 2.30. The van der Waals surface area contributed by atoms with E-state index in [9.17, 15) is 22.8 Å². The van der Waals surface area contributed by atoms with Crippen molar-refractivity contribution in [3.05, 3.63) is 165 Å². The number of halogens is 3. The summed E-state index contributed by atoms with van der Waals surface area (Å²) in [5.74, 6) is 2.20. The Balaban J connectivity index is 0.847. The Bertz CT molecular complexity index is 2380. The van der Waals surface area contributed by atoms with Gasteiger partial charge in [-0.25, -0.2) is 0 Å². The van der Waals surface area contributed by atoms with Crippen LogP contribution in [0.2, 0.25) is 0 Å². The number of fused-ring (bicyclic) bond motifs is 2. The molecule has 0 bridgehead atoms. The van der Waals surface area contributed by atoms with E-state index in [0.29, 0.717) is 104 Å². The fourth-order valence-corrected chi connectivity index (χ4v) is 6.28. The lowest BCUT2D eigenvalue weighted by Crippen LogP contribution is -2.31. The fraction of sp³-hybridized carbons (Fsp3) is 0.217. The number of hydrogen-bond acceptors (Lipinski definition) is 9. The summed E-state index contributed by atoms with van der Waals surface area (Å²) < 4.78 is 74.6. The van der Waals surface area contributed by atoms with Crippen molar-refractivity contribution >= 4 is 21.9 Å². The summed E-state index contributed by atoms with van der Waals surface area (Å²) in [7, 11) is 0. The predicted octanol–water partition coefficient (Wildman–Crippen LogP) is 9.25. The molecule has 0 radical (unpaired) electrons. The second kappa shape index (κ2) is 18.8. The Labute approximate surface area is 331 Å². The highest BCUT2D eigenvalue weighted by Gasteiger charge is 2.30. The molecule has 2 heterocycles. The van der Waals surface area contributed by atoms with E-state index in [1.807, 2.05) is 36.4 Å². The maximum absolute atomic E-state index is 13.1. The van der Waals surface area contributed by atoms with Crippen molar-refractivity contribution < 1.29 is 41.0 Å². The topological polar surface area (TPSA) is 101 Å². The molecule has 0 atom stereocenters. The second-order valence-corrected chi connectivity index (χ2v) is 13.4. The first-order chi connectivity index (χ1) is 28.2. The summed E-state index contributed by atoms with van der Waals surface area (Å²) >= 11 is 0. The third-order valence-corrected chi connectivity index (χ3v) is 9.33. The molecular weight excluding hydrogens is 751 g/mol. The van der Waals surface area contributed by atoms with Gasteiger partial charge < -0.3 is 27.8 Å². The average Bonchev–Trinajstić information content (AvgIpc) is 3.23. The van der Waals surface area contributed by atoms with Crippen molar-refractivity contribution in [2.75, 3.05) is 52.7 Å². The van der Waals surface area contributed by atoms with E-state index < -0.39 is 11.7 Å². The van der Waals surface area contributed by atoms with Crippen LogP contribution >= 0.6 is 0 Å². The first-order valence-corrected chi connectivity index (χ1v) is 18.8. The molecule has 0 amide bonds. The lowest BCUT2D eigenvalue weighted by molar-refractivity contribution is -0.137. The van der Waals surface area contributed by atoms with Crippen LogP contribution in [0, 0.1) is 0 Å². The number of para-hydroxylation sites is 2. The Morgan fingerprint density at radius 2 is 0.966 bits per heavy atom. The molecule has 2 aromatic heterocycles. The Morgan fingerprint density at radius 3 is 1.41 bits per heavy atom. The van der Waals surface area contributed by atoms with Crippen LogP contribution < -0.4 is 20.3 Å². The Hall–Kier alpha value is -6.21. The van der Waals surface area contributed by atoms with E-state index >= 15 is 0 Å². The quantitative estimate of drug-likeness (QED) is 0.0788. The van der Waals surface area contributed by atoms with Crippen molar-refractivity contribution in [3.63, 3.8) is 0 Å². The van der Waals surface area contributed by atoms with E-state index in [4.69, 9.17) is 27.8 Å². The largest absolute Gasteiger partial charge is 0.491 e. The van der Waals surface area contributed by atoms with Gasteiger partial charge in [0, 0.05) is 42.9 Å². The molecule has 12 heteroatoms. The third-order valence-electron chi connectivity index (χ3n) is 9.33. The summed E-state index contributed by atoms with van der Waals surface area (Å²) in [6.45, 7) is 3.40. The molecule has 0 N–H and O–H groups in total. The number of rotatable bonds is 18. The molecule has 0 saturated heterocycles. The molecule has 58 heavy (non-hydrogen) atoms. The highest BCUT2D eigenvalue weighted by atomic mass is 19.4. The normalized spacial score (nSPS) is 11.7. The molecule has 0 aliphatic rings. The van der Waals surface area contributed by atoms with Crippen LogP contribution in [0.5, 0.6) is 11.5 Å². The van der Waals surface area contributed by atoms with Crippen LogP contribution in [0.25, 0.3) is 44.6 Å². The minimum absolute atomic E-state index is 0.110. The van der Waals surface area contributed by atoms with Crippen LogP contribution in [0.3, 0.4) is 0 Å². The standard InChI is InChI=1S/C46H40F3NO8/c47-46(48,49)35-15-9-32(10-16-35)31-50(21-23-53-25-27-55-36-17-11-33(12-18-36)44-29-40(51)38-5-1-3-7-42(38)57-44)22-24-54-26-28-56-37-19-13-34(14-20-37)45-30-41(52)39-6-2-4-8-43(39)58-45/h1-20,29-30H,21-28,31H2. The zero-order valence-corrected chi connectivity index (χ0v) is 31.4. The zero-order chi connectivity index (χ0) is 40.3. The molecule has 5 aromatic carbocycles. The fourth-order valence-electron chi connectivity index (χ4n) is 6.28. The lowest BCUT2D eigenvalue weighted by atomic mass is 10.1. The molecular formula is C46H40F3NO8. The van der Waals surface area contributed by atoms with E-state index in [1.165, 1.54) is 24.3 Å². The molecule has 0 aliphatic carbocycles. The smallest absolute Gasteiger partial charge is 0.416 e. The van der Waals surface area contributed by atoms with Crippen LogP contribution in [0.15, 0.2) is 152 Å². The van der Waals surface area contributed by atoms with Crippen molar-refractivity contribution in [1.82, 2.24) is 4.90 Å². The number of hydrogen-bond donors (Lipinski definition) is 0. The third kappa shape index (κ3) is 10.6. The Morgan fingerprint density at radius 1 is 0.517 bits per heavy atom. The minimum atomic E-state index is -4.41. The van der Waals surface area contributed by atoms with Crippen LogP contribution in [0.1, 0.15) is 11.1 Å². The van der Waals surface area contributed by atoms with E-state index in [1.54, 1.807) is 60.7 Å². The van der Waals surface area contributed by atoms with Crippen LogP contribution in [0.4, 0.5) is 13.2 Å². The molecule has 7 rings (SSSR count). The molecule has 0 unspecified atom stereocenters. The molecule has 7 aromatic rings.